The first kappa shape index (κ1) is 12.5. The minimum Gasteiger partial charge on any atom is -0.330 e. The minimum atomic E-state index is -0.107. The summed E-state index contributed by atoms with van der Waals surface area (Å²) in [6, 6.07) is 7.22. The zero-order valence-electron chi connectivity index (χ0n) is 10.4. The van der Waals surface area contributed by atoms with Gasteiger partial charge in [0.1, 0.15) is 5.82 Å². The van der Waals surface area contributed by atoms with E-state index < -0.39 is 0 Å². The van der Waals surface area contributed by atoms with Crippen molar-refractivity contribution in [2.24, 2.45) is 11.7 Å². The minimum absolute atomic E-state index is 0.107. The van der Waals surface area contributed by atoms with Crippen molar-refractivity contribution in [2.45, 2.75) is 25.3 Å². The maximum absolute atomic E-state index is 13.9. The predicted octanol–water partition coefficient (Wildman–Crippen LogP) is 2.56. The van der Waals surface area contributed by atoms with Gasteiger partial charge >= 0.3 is 0 Å². The molecule has 17 heavy (non-hydrogen) atoms. The number of likely N-dealkylation sites (tertiary alicyclic amines) is 1. The summed E-state index contributed by atoms with van der Waals surface area (Å²) in [6.45, 7) is 1.65. The van der Waals surface area contributed by atoms with Crippen LogP contribution in [0.4, 0.5) is 4.39 Å². The zero-order valence-corrected chi connectivity index (χ0v) is 10.4. The van der Waals surface area contributed by atoms with Crippen molar-refractivity contribution >= 4 is 0 Å². The molecule has 1 aliphatic heterocycles. The number of nitrogens with zero attached hydrogens (tertiary/aromatic N) is 1. The fourth-order valence-electron chi connectivity index (χ4n) is 2.88. The molecular formula is C14H21FN2. The van der Waals surface area contributed by atoms with Gasteiger partial charge in [0.15, 0.2) is 0 Å². The van der Waals surface area contributed by atoms with Crippen molar-refractivity contribution in [1.82, 2.24) is 4.90 Å². The Labute approximate surface area is 103 Å². The van der Waals surface area contributed by atoms with E-state index in [4.69, 9.17) is 5.73 Å². The average Bonchev–Trinajstić information content (AvgIpc) is 2.52. The van der Waals surface area contributed by atoms with E-state index >= 15 is 0 Å². The maximum Gasteiger partial charge on any atom is 0.127 e. The smallest absolute Gasteiger partial charge is 0.127 e. The van der Waals surface area contributed by atoms with Crippen molar-refractivity contribution in [2.75, 3.05) is 20.1 Å². The molecule has 1 aliphatic rings. The van der Waals surface area contributed by atoms with Gasteiger partial charge in [-0.3, -0.25) is 4.90 Å². The molecule has 2 N–H and O–H groups in total. The molecule has 1 fully saturated rings. The first-order valence-corrected chi connectivity index (χ1v) is 6.38. The monoisotopic (exact) mass is 236 g/mol. The first-order chi connectivity index (χ1) is 8.24. The summed E-state index contributed by atoms with van der Waals surface area (Å²) in [6.07, 6.45) is 3.47. The second-order valence-electron chi connectivity index (χ2n) is 4.94. The molecule has 2 atom stereocenters. The Hall–Kier alpha value is -0.930. The molecule has 0 spiro atoms. The van der Waals surface area contributed by atoms with Crippen molar-refractivity contribution in [3.8, 4) is 0 Å². The highest BCUT2D eigenvalue weighted by molar-refractivity contribution is 5.22. The van der Waals surface area contributed by atoms with Crippen molar-refractivity contribution in [3.63, 3.8) is 0 Å². The van der Waals surface area contributed by atoms with E-state index in [1.807, 2.05) is 12.1 Å². The molecule has 1 heterocycles. The number of hydrogen-bond acceptors (Lipinski definition) is 2. The molecule has 1 aromatic rings. The molecule has 94 valence electrons. The highest BCUT2D eigenvalue weighted by Gasteiger charge is 2.29. The van der Waals surface area contributed by atoms with Crippen LogP contribution in [-0.4, -0.2) is 25.0 Å². The van der Waals surface area contributed by atoms with Gasteiger partial charge < -0.3 is 5.73 Å². The summed E-state index contributed by atoms with van der Waals surface area (Å²) in [7, 11) is 2.07. The first-order valence-electron chi connectivity index (χ1n) is 6.38. The molecule has 1 aromatic carbocycles. The Bertz CT molecular complexity index is 367. The van der Waals surface area contributed by atoms with Crippen LogP contribution in [0.5, 0.6) is 0 Å². The molecule has 0 amide bonds. The molecule has 2 rings (SSSR count). The van der Waals surface area contributed by atoms with E-state index in [1.165, 1.54) is 12.8 Å². The lowest BCUT2D eigenvalue weighted by Gasteiger charge is -2.32. The van der Waals surface area contributed by atoms with Gasteiger partial charge in [-0.2, -0.15) is 0 Å². The van der Waals surface area contributed by atoms with E-state index in [9.17, 15) is 4.39 Å². The van der Waals surface area contributed by atoms with E-state index in [2.05, 4.69) is 11.9 Å². The van der Waals surface area contributed by atoms with E-state index in [-0.39, 0.29) is 11.9 Å². The zero-order chi connectivity index (χ0) is 12.3. The van der Waals surface area contributed by atoms with Crippen LogP contribution in [0.2, 0.25) is 0 Å². The summed E-state index contributed by atoms with van der Waals surface area (Å²) in [5, 5.41) is 0. The van der Waals surface area contributed by atoms with Crippen molar-refractivity contribution in [1.29, 1.82) is 0 Å². The van der Waals surface area contributed by atoms with Crippen LogP contribution < -0.4 is 5.73 Å². The summed E-state index contributed by atoms with van der Waals surface area (Å²) < 4.78 is 13.9. The Morgan fingerprint density at radius 1 is 1.35 bits per heavy atom. The highest BCUT2D eigenvalue weighted by Crippen LogP contribution is 2.34. The van der Waals surface area contributed by atoms with Crippen LogP contribution in [-0.2, 0) is 0 Å². The summed E-state index contributed by atoms with van der Waals surface area (Å²) in [5.41, 5.74) is 6.66. The Morgan fingerprint density at radius 2 is 2.12 bits per heavy atom. The van der Waals surface area contributed by atoms with Crippen LogP contribution in [0.3, 0.4) is 0 Å². The molecule has 0 aromatic heterocycles. The Balaban J connectivity index is 2.34. The molecule has 3 heteroatoms. The highest BCUT2D eigenvalue weighted by atomic mass is 19.1. The van der Waals surface area contributed by atoms with Gasteiger partial charge in [-0.1, -0.05) is 24.6 Å². The van der Waals surface area contributed by atoms with Gasteiger partial charge in [-0.15, -0.1) is 0 Å². The van der Waals surface area contributed by atoms with Gasteiger partial charge in [0.25, 0.3) is 0 Å². The van der Waals surface area contributed by atoms with Crippen molar-refractivity contribution < 1.29 is 4.39 Å². The van der Waals surface area contributed by atoms with Gasteiger partial charge in [-0.05, 0) is 45.0 Å². The molecule has 0 bridgehead atoms. The van der Waals surface area contributed by atoms with Gasteiger partial charge in [-0.25, -0.2) is 4.39 Å². The van der Waals surface area contributed by atoms with Crippen LogP contribution >= 0.6 is 0 Å². The van der Waals surface area contributed by atoms with Gasteiger partial charge in [0.2, 0.25) is 0 Å². The predicted molar refractivity (Wildman–Crippen MR) is 68.2 cm³/mol. The fraction of sp³-hybridized carbons (Fsp3) is 0.571. The normalized spacial score (nSPS) is 26.8. The summed E-state index contributed by atoms with van der Waals surface area (Å²) >= 11 is 0. The second kappa shape index (κ2) is 5.61. The fourth-order valence-corrected chi connectivity index (χ4v) is 2.88. The molecule has 0 saturated carbocycles. The number of benzene rings is 1. The molecule has 0 aliphatic carbocycles. The Kier molecular flexibility index (Phi) is 4.13. The van der Waals surface area contributed by atoms with Crippen molar-refractivity contribution in [3.05, 3.63) is 35.6 Å². The van der Waals surface area contributed by atoms with Crippen LogP contribution in [0, 0.1) is 11.7 Å². The van der Waals surface area contributed by atoms with E-state index in [1.54, 1.807) is 12.1 Å². The van der Waals surface area contributed by atoms with Crippen LogP contribution in [0.1, 0.15) is 30.9 Å². The summed E-state index contributed by atoms with van der Waals surface area (Å²) in [5.74, 6) is 0.254. The largest absolute Gasteiger partial charge is 0.330 e. The third-order valence-corrected chi connectivity index (χ3v) is 3.78. The lowest BCUT2D eigenvalue weighted by atomic mass is 9.89. The second-order valence-corrected chi connectivity index (χ2v) is 4.94. The molecule has 1 saturated heterocycles. The quantitative estimate of drug-likeness (QED) is 0.855. The van der Waals surface area contributed by atoms with Gasteiger partial charge in [0, 0.05) is 11.6 Å². The number of hydrogen-bond donors (Lipinski definition) is 1. The molecular weight excluding hydrogens is 215 g/mol. The molecule has 2 unspecified atom stereocenters. The van der Waals surface area contributed by atoms with Crippen LogP contribution in [0.15, 0.2) is 24.3 Å². The molecule has 0 radical (unpaired) electrons. The Morgan fingerprint density at radius 3 is 2.82 bits per heavy atom. The lowest BCUT2D eigenvalue weighted by molar-refractivity contribution is 0.191. The number of nitrogens with two attached hydrogens (primary N) is 1. The topological polar surface area (TPSA) is 29.3 Å². The standard InChI is InChI=1S/C14H21FN2/c1-17-9-5-4-6-11(10-16)14(17)12-7-2-3-8-13(12)15/h2-3,7-8,11,14H,4-6,9-10,16H2,1H3. The van der Waals surface area contributed by atoms with E-state index in [0.29, 0.717) is 12.5 Å². The third kappa shape index (κ3) is 2.67. The average molecular weight is 236 g/mol. The number of rotatable bonds is 2. The SMILES string of the molecule is CN1CCCCC(CN)C1c1ccccc1F. The third-order valence-electron chi connectivity index (χ3n) is 3.78. The number of halogens is 1. The maximum atomic E-state index is 13.9. The lowest BCUT2D eigenvalue weighted by Crippen LogP contribution is -2.33. The van der Waals surface area contributed by atoms with E-state index in [0.717, 1.165) is 18.5 Å². The molecule has 2 nitrogen and oxygen atoms in total. The summed E-state index contributed by atoms with van der Waals surface area (Å²) in [4.78, 5) is 2.25. The van der Waals surface area contributed by atoms with Gasteiger partial charge in [0.05, 0.1) is 0 Å². The van der Waals surface area contributed by atoms with Crippen LogP contribution in [0.25, 0.3) is 0 Å².